The zero-order valence-corrected chi connectivity index (χ0v) is 9.75. The lowest BCUT2D eigenvalue weighted by Crippen LogP contribution is -2.50. The highest BCUT2D eigenvalue weighted by molar-refractivity contribution is 5.78. The van der Waals surface area contributed by atoms with E-state index >= 15 is 0 Å². The zero-order chi connectivity index (χ0) is 12.5. The van der Waals surface area contributed by atoms with Crippen molar-refractivity contribution in [3.8, 4) is 0 Å². The summed E-state index contributed by atoms with van der Waals surface area (Å²) in [5, 5.41) is 0. The molecule has 2 nitrogen and oxygen atoms in total. The normalized spacial score (nSPS) is 25.1. The van der Waals surface area contributed by atoms with Crippen LogP contribution >= 0.6 is 0 Å². The van der Waals surface area contributed by atoms with Crippen LogP contribution in [0.4, 0.5) is 8.78 Å². The molecule has 0 radical (unpaired) electrons. The molecule has 0 spiro atoms. The molecule has 4 heteroatoms. The lowest BCUT2D eigenvalue weighted by Gasteiger charge is -2.43. The van der Waals surface area contributed by atoms with E-state index in [-0.39, 0.29) is 11.7 Å². The summed E-state index contributed by atoms with van der Waals surface area (Å²) in [7, 11) is 0. The maximum Gasteiger partial charge on any atom is 0.225 e. The fraction of sp³-hybridized carbons (Fsp3) is 0.462. The Labute approximate surface area is 99.2 Å². The predicted molar refractivity (Wildman–Crippen MR) is 60.4 cm³/mol. The minimum atomic E-state index is -0.871. The van der Waals surface area contributed by atoms with Crippen LogP contribution in [0.1, 0.15) is 31.7 Å². The fourth-order valence-electron chi connectivity index (χ4n) is 2.51. The van der Waals surface area contributed by atoms with Crippen LogP contribution < -0.4 is 0 Å². The molecule has 1 amide bonds. The van der Waals surface area contributed by atoms with Crippen molar-refractivity contribution in [2.75, 3.05) is 6.80 Å². The monoisotopic (exact) mass is 239 g/mol. The quantitative estimate of drug-likeness (QED) is 0.726. The van der Waals surface area contributed by atoms with E-state index in [0.717, 1.165) is 4.90 Å². The maximum absolute atomic E-state index is 13.8. The molecular weight excluding hydrogens is 224 g/mol. The molecule has 1 aliphatic heterocycles. The number of piperidine rings is 1. The summed E-state index contributed by atoms with van der Waals surface area (Å²) in [6, 6.07) is 6.26. The SMILES string of the molecule is CC1(c2ccccc2F)CCCC(=O)N1CF. The van der Waals surface area contributed by atoms with Crippen LogP contribution in [0.25, 0.3) is 0 Å². The Balaban J connectivity index is 2.46. The molecule has 1 heterocycles. The Kier molecular flexibility index (Phi) is 3.13. The van der Waals surface area contributed by atoms with Gasteiger partial charge in [0.05, 0.1) is 5.54 Å². The Bertz CT molecular complexity index is 435. The molecule has 1 aromatic carbocycles. The van der Waals surface area contributed by atoms with Gasteiger partial charge in [-0.1, -0.05) is 18.2 Å². The highest BCUT2D eigenvalue weighted by Crippen LogP contribution is 2.38. The third kappa shape index (κ3) is 1.92. The number of nitrogens with zero attached hydrogens (tertiary/aromatic N) is 1. The van der Waals surface area contributed by atoms with Crippen molar-refractivity contribution in [2.45, 2.75) is 31.7 Å². The number of benzene rings is 1. The predicted octanol–water partition coefficient (Wildman–Crippen LogP) is 2.98. The standard InChI is InChI=1S/C13H15F2NO/c1-13(10-5-2-3-6-11(10)15)8-4-7-12(17)16(13)9-14/h2-3,5-6H,4,7-9H2,1H3. The topological polar surface area (TPSA) is 20.3 Å². The molecule has 92 valence electrons. The molecule has 1 saturated heterocycles. The number of amides is 1. The molecule has 1 aromatic rings. The Morgan fingerprint density at radius 2 is 2.12 bits per heavy atom. The highest BCUT2D eigenvalue weighted by Gasteiger charge is 2.41. The third-order valence-corrected chi connectivity index (χ3v) is 3.52. The van der Waals surface area contributed by atoms with Gasteiger partial charge in [0, 0.05) is 12.0 Å². The number of carbonyl (C=O) groups excluding carboxylic acids is 1. The number of hydrogen-bond donors (Lipinski definition) is 0. The van der Waals surface area contributed by atoms with Crippen LogP contribution in [-0.2, 0) is 10.3 Å². The number of hydrogen-bond acceptors (Lipinski definition) is 1. The Morgan fingerprint density at radius 3 is 2.76 bits per heavy atom. The van der Waals surface area contributed by atoms with Gasteiger partial charge in [-0.25, -0.2) is 8.78 Å². The van der Waals surface area contributed by atoms with E-state index in [2.05, 4.69) is 0 Å². The minimum Gasteiger partial charge on any atom is -0.305 e. The number of alkyl halides is 1. The van der Waals surface area contributed by atoms with E-state index in [1.807, 2.05) is 0 Å². The summed E-state index contributed by atoms with van der Waals surface area (Å²) in [6.07, 6.45) is 1.59. The molecule has 1 aliphatic rings. The molecule has 1 atom stereocenters. The van der Waals surface area contributed by atoms with Gasteiger partial charge in [-0.3, -0.25) is 4.79 Å². The van der Waals surface area contributed by atoms with Crippen molar-refractivity contribution in [1.29, 1.82) is 0 Å². The first kappa shape index (κ1) is 12.0. The molecule has 0 bridgehead atoms. The van der Waals surface area contributed by atoms with Crippen molar-refractivity contribution in [2.24, 2.45) is 0 Å². The van der Waals surface area contributed by atoms with Crippen molar-refractivity contribution in [3.05, 3.63) is 35.6 Å². The van der Waals surface area contributed by atoms with Crippen molar-refractivity contribution in [1.82, 2.24) is 4.90 Å². The zero-order valence-electron chi connectivity index (χ0n) is 9.75. The molecule has 1 unspecified atom stereocenters. The van der Waals surface area contributed by atoms with Gasteiger partial charge in [-0.15, -0.1) is 0 Å². The number of rotatable bonds is 2. The average molecular weight is 239 g/mol. The summed E-state index contributed by atoms with van der Waals surface area (Å²) in [5.74, 6) is -0.632. The molecular formula is C13H15F2NO. The van der Waals surface area contributed by atoms with Crippen molar-refractivity contribution < 1.29 is 13.6 Å². The van der Waals surface area contributed by atoms with E-state index in [1.54, 1.807) is 25.1 Å². The summed E-state index contributed by atoms with van der Waals surface area (Å²) in [4.78, 5) is 12.8. The van der Waals surface area contributed by atoms with Gasteiger partial charge < -0.3 is 4.90 Å². The second kappa shape index (κ2) is 4.43. The first-order valence-electron chi connectivity index (χ1n) is 5.71. The van der Waals surface area contributed by atoms with E-state index in [9.17, 15) is 13.6 Å². The largest absolute Gasteiger partial charge is 0.305 e. The van der Waals surface area contributed by atoms with Gasteiger partial charge in [0.15, 0.2) is 6.80 Å². The lowest BCUT2D eigenvalue weighted by atomic mass is 9.82. The second-order valence-electron chi connectivity index (χ2n) is 4.55. The van der Waals surface area contributed by atoms with Crippen LogP contribution in [0.15, 0.2) is 24.3 Å². The van der Waals surface area contributed by atoms with Gasteiger partial charge in [-0.2, -0.15) is 0 Å². The fourth-order valence-corrected chi connectivity index (χ4v) is 2.51. The molecule has 0 N–H and O–H groups in total. The summed E-state index contributed by atoms with van der Waals surface area (Å²) < 4.78 is 26.8. The third-order valence-electron chi connectivity index (χ3n) is 3.52. The molecule has 0 aromatic heterocycles. The van der Waals surface area contributed by atoms with E-state index in [4.69, 9.17) is 0 Å². The number of halogens is 2. The van der Waals surface area contributed by atoms with E-state index in [0.29, 0.717) is 24.8 Å². The number of carbonyl (C=O) groups is 1. The summed E-state index contributed by atoms with van der Waals surface area (Å²) in [5.41, 5.74) is -0.471. The van der Waals surface area contributed by atoms with Gasteiger partial charge >= 0.3 is 0 Å². The smallest absolute Gasteiger partial charge is 0.225 e. The minimum absolute atomic E-state index is 0.246. The number of likely N-dealkylation sites (tertiary alicyclic amines) is 1. The first-order valence-corrected chi connectivity index (χ1v) is 5.71. The molecule has 17 heavy (non-hydrogen) atoms. The average Bonchev–Trinajstić information content (AvgIpc) is 2.29. The van der Waals surface area contributed by atoms with E-state index in [1.165, 1.54) is 6.07 Å². The lowest BCUT2D eigenvalue weighted by molar-refractivity contribution is -0.145. The van der Waals surface area contributed by atoms with Gasteiger partial charge in [-0.05, 0) is 25.8 Å². The Hall–Kier alpha value is -1.45. The molecule has 0 saturated carbocycles. The highest BCUT2D eigenvalue weighted by atomic mass is 19.1. The molecule has 1 fully saturated rings. The summed E-state index contributed by atoms with van der Waals surface area (Å²) in [6.45, 7) is 0.853. The summed E-state index contributed by atoms with van der Waals surface area (Å²) >= 11 is 0. The molecule has 0 aliphatic carbocycles. The molecule has 2 rings (SSSR count). The van der Waals surface area contributed by atoms with Gasteiger partial charge in [0.1, 0.15) is 5.82 Å². The van der Waals surface area contributed by atoms with Gasteiger partial charge in [0.2, 0.25) is 5.91 Å². The van der Waals surface area contributed by atoms with Crippen LogP contribution in [0.2, 0.25) is 0 Å². The van der Waals surface area contributed by atoms with Gasteiger partial charge in [0.25, 0.3) is 0 Å². The Morgan fingerprint density at radius 1 is 1.41 bits per heavy atom. The first-order chi connectivity index (χ1) is 8.09. The maximum atomic E-state index is 13.8. The second-order valence-corrected chi connectivity index (χ2v) is 4.55. The van der Waals surface area contributed by atoms with Crippen LogP contribution in [0, 0.1) is 5.82 Å². The van der Waals surface area contributed by atoms with Crippen molar-refractivity contribution >= 4 is 5.91 Å². The van der Waals surface area contributed by atoms with Crippen LogP contribution in [-0.4, -0.2) is 17.6 Å². The van der Waals surface area contributed by atoms with Crippen LogP contribution in [0.5, 0.6) is 0 Å². The van der Waals surface area contributed by atoms with Crippen molar-refractivity contribution in [3.63, 3.8) is 0 Å². The van der Waals surface area contributed by atoms with Crippen LogP contribution in [0.3, 0.4) is 0 Å². The van der Waals surface area contributed by atoms with E-state index < -0.39 is 12.3 Å².